The molecule has 0 heterocycles. The van der Waals surface area contributed by atoms with Gasteiger partial charge in [0.05, 0.1) is 0 Å². The van der Waals surface area contributed by atoms with Crippen molar-refractivity contribution in [2.24, 2.45) is 5.41 Å². The summed E-state index contributed by atoms with van der Waals surface area (Å²) >= 11 is 0. The van der Waals surface area contributed by atoms with E-state index in [0.717, 1.165) is 0 Å². The van der Waals surface area contributed by atoms with E-state index in [-0.39, 0.29) is 5.41 Å². The smallest absolute Gasteiger partial charge is 0.0342 e. The topological polar surface area (TPSA) is 12.0 Å². The average Bonchev–Trinajstić information content (AvgIpc) is 2.58. The van der Waals surface area contributed by atoms with E-state index < -0.39 is 0 Å². The third kappa shape index (κ3) is 2.88. The Kier molecular flexibility index (Phi) is 3.44. The lowest BCUT2D eigenvalue weighted by Gasteiger charge is -2.29. The van der Waals surface area contributed by atoms with Gasteiger partial charge in [-0.25, -0.2) is 0 Å². The van der Waals surface area contributed by atoms with Gasteiger partial charge in [0.2, 0.25) is 0 Å². The maximum Gasteiger partial charge on any atom is 0.0342 e. The second-order valence-electron chi connectivity index (χ2n) is 7.41. The molecule has 1 heteroatoms. The van der Waals surface area contributed by atoms with E-state index in [4.69, 9.17) is 0 Å². The molecule has 1 nitrogen and oxygen atoms in total. The van der Waals surface area contributed by atoms with Crippen LogP contribution in [0.15, 0.2) is 24.3 Å². The Balaban J connectivity index is 2.07. The fraction of sp³-hybridized carbons (Fsp3) is 0.647. The zero-order valence-electron chi connectivity index (χ0n) is 12.5. The quantitative estimate of drug-likeness (QED) is 0.775. The summed E-state index contributed by atoms with van der Waals surface area (Å²) in [5, 5.41) is 3.71. The van der Waals surface area contributed by atoms with Gasteiger partial charge in [-0.15, -0.1) is 0 Å². The molecule has 2 rings (SSSR count). The third-order valence-corrected chi connectivity index (χ3v) is 4.35. The van der Waals surface area contributed by atoms with Crippen LogP contribution in [0.3, 0.4) is 0 Å². The summed E-state index contributed by atoms with van der Waals surface area (Å²) in [6.07, 6.45) is 3.99. The Bertz CT molecular complexity index is 395. The number of nitrogens with one attached hydrogen (secondary N) is 1. The van der Waals surface area contributed by atoms with Gasteiger partial charge in [0.1, 0.15) is 0 Å². The molecule has 1 atom stereocenters. The summed E-state index contributed by atoms with van der Waals surface area (Å²) < 4.78 is 0. The summed E-state index contributed by atoms with van der Waals surface area (Å²) in [5.74, 6) is 0. The zero-order valence-corrected chi connectivity index (χ0v) is 12.5. The molecule has 1 saturated carbocycles. The predicted molar refractivity (Wildman–Crippen MR) is 80.2 cm³/mol. The Labute approximate surface area is 112 Å². The number of hydrogen-bond acceptors (Lipinski definition) is 1. The van der Waals surface area contributed by atoms with E-state index >= 15 is 0 Å². The van der Waals surface area contributed by atoms with Crippen LogP contribution in [0, 0.1) is 5.41 Å². The van der Waals surface area contributed by atoms with Gasteiger partial charge >= 0.3 is 0 Å². The molecular formula is C17H27N. The molecule has 100 valence electrons. The molecule has 1 fully saturated rings. The zero-order chi connectivity index (χ0) is 13.4. The first-order valence-corrected chi connectivity index (χ1v) is 7.16. The van der Waals surface area contributed by atoms with Gasteiger partial charge < -0.3 is 5.32 Å². The van der Waals surface area contributed by atoms with Gasteiger partial charge in [0.15, 0.2) is 0 Å². The van der Waals surface area contributed by atoms with Crippen LogP contribution in [0.5, 0.6) is 0 Å². The largest absolute Gasteiger partial charge is 0.382 e. The average molecular weight is 245 g/mol. The molecule has 1 aliphatic carbocycles. The number of hydrogen-bond donors (Lipinski definition) is 1. The van der Waals surface area contributed by atoms with Crippen molar-refractivity contribution in [1.82, 2.24) is 0 Å². The molecule has 1 unspecified atom stereocenters. The molecule has 0 radical (unpaired) electrons. The minimum atomic E-state index is 0.241. The van der Waals surface area contributed by atoms with Crippen LogP contribution < -0.4 is 5.32 Å². The minimum Gasteiger partial charge on any atom is -0.382 e. The van der Waals surface area contributed by atoms with Crippen molar-refractivity contribution in [2.45, 2.75) is 65.3 Å². The molecule has 0 aromatic heterocycles. The van der Waals surface area contributed by atoms with Crippen molar-refractivity contribution in [3.63, 3.8) is 0 Å². The van der Waals surface area contributed by atoms with Crippen LogP contribution in [-0.2, 0) is 5.41 Å². The van der Waals surface area contributed by atoms with E-state index in [2.05, 4.69) is 64.2 Å². The fourth-order valence-electron chi connectivity index (χ4n) is 2.86. The first-order chi connectivity index (χ1) is 8.29. The van der Waals surface area contributed by atoms with E-state index in [0.29, 0.717) is 11.5 Å². The molecule has 1 N–H and O–H groups in total. The maximum atomic E-state index is 3.71. The first-order valence-electron chi connectivity index (χ1n) is 7.16. The van der Waals surface area contributed by atoms with Crippen LogP contribution in [-0.4, -0.2) is 6.04 Å². The second-order valence-corrected chi connectivity index (χ2v) is 7.41. The van der Waals surface area contributed by atoms with Crippen molar-refractivity contribution in [3.8, 4) is 0 Å². The van der Waals surface area contributed by atoms with E-state index in [1.165, 1.54) is 30.5 Å². The van der Waals surface area contributed by atoms with Crippen molar-refractivity contribution in [2.75, 3.05) is 5.32 Å². The van der Waals surface area contributed by atoms with E-state index in [9.17, 15) is 0 Å². The van der Waals surface area contributed by atoms with Gasteiger partial charge in [0.25, 0.3) is 0 Å². The monoisotopic (exact) mass is 245 g/mol. The lowest BCUT2D eigenvalue weighted by Crippen LogP contribution is -2.30. The Morgan fingerprint density at radius 1 is 1.11 bits per heavy atom. The van der Waals surface area contributed by atoms with Crippen LogP contribution in [0.4, 0.5) is 5.69 Å². The van der Waals surface area contributed by atoms with Gasteiger partial charge in [-0.3, -0.25) is 0 Å². The Morgan fingerprint density at radius 3 is 2.17 bits per heavy atom. The van der Waals surface area contributed by atoms with E-state index in [1.807, 2.05) is 0 Å². The third-order valence-electron chi connectivity index (χ3n) is 4.35. The molecule has 18 heavy (non-hydrogen) atoms. The number of benzene rings is 1. The lowest BCUT2D eigenvalue weighted by atomic mass is 9.86. The Hall–Kier alpha value is -0.980. The van der Waals surface area contributed by atoms with Crippen molar-refractivity contribution in [3.05, 3.63) is 29.8 Å². The summed E-state index contributed by atoms with van der Waals surface area (Å²) in [4.78, 5) is 0. The standard InChI is InChI=1S/C17H27N/c1-16(2,3)13-8-10-14(11-9-13)18-15-7-6-12-17(15,4)5/h8-11,15,18H,6-7,12H2,1-5H3. The SMILES string of the molecule is CC(C)(C)c1ccc(NC2CCCC2(C)C)cc1. The van der Waals surface area contributed by atoms with Gasteiger partial charge in [-0.05, 0) is 41.4 Å². The van der Waals surface area contributed by atoms with Gasteiger partial charge in [-0.2, -0.15) is 0 Å². The summed E-state index contributed by atoms with van der Waals surface area (Å²) in [6.45, 7) is 11.5. The molecule has 1 aromatic rings. The van der Waals surface area contributed by atoms with Crippen LogP contribution in [0.1, 0.15) is 59.4 Å². The predicted octanol–water partition coefficient (Wildman–Crippen LogP) is 4.97. The second kappa shape index (κ2) is 4.60. The number of rotatable bonds is 2. The van der Waals surface area contributed by atoms with Gasteiger partial charge in [0, 0.05) is 11.7 Å². The summed E-state index contributed by atoms with van der Waals surface area (Å²) in [6, 6.07) is 9.59. The molecule has 0 aliphatic heterocycles. The highest BCUT2D eigenvalue weighted by atomic mass is 14.9. The molecule has 0 amide bonds. The summed E-state index contributed by atoms with van der Waals surface area (Å²) in [7, 11) is 0. The molecule has 0 saturated heterocycles. The van der Waals surface area contributed by atoms with E-state index in [1.54, 1.807) is 0 Å². The highest BCUT2D eigenvalue weighted by Gasteiger charge is 2.34. The van der Waals surface area contributed by atoms with Gasteiger partial charge in [-0.1, -0.05) is 53.2 Å². The van der Waals surface area contributed by atoms with Crippen LogP contribution >= 0.6 is 0 Å². The molecule has 1 aliphatic rings. The maximum absolute atomic E-state index is 3.71. The highest BCUT2D eigenvalue weighted by molar-refractivity contribution is 5.47. The minimum absolute atomic E-state index is 0.241. The van der Waals surface area contributed by atoms with Crippen molar-refractivity contribution < 1.29 is 0 Å². The molecular weight excluding hydrogens is 218 g/mol. The number of anilines is 1. The molecule has 1 aromatic carbocycles. The summed E-state index contributed by atoms with van der Waals surface area (Å²) in [5.41, 5.74) is 3.34. The molecule has 0 spiro atoms. The fourth-order valence-corrected chi connectivity index (χ4v) is 2.86. The Morgan fingerprint density at radius 2 is 1.72 bits per heavy atom. The highest BCUT2D eigenvalue weighted by Crippen LogP contribution is 2.39. The van der Waals surface area contributed by atoms with Crippen molar-refractivity contribution >= 4 is 5.69 Å². The van der Waals surface area contributed by atoms with Crippen molar-refractivity contribution in [1.29, 1.82) is 0 Å². The first kappa shape index (κ1) is 13.5. The molecule has 0 bridgehead atoms. The van der Waals surface area contributed by atoms with Crippen LogP contribution in [0.25, 0.3) is 0 Å². The van der Waals surface area contributed by atoms with Crippen LogP contribution in [0.2, 0.25) is 0 Å². The normalized spacial score (nSPS) is 23.1. The lowest BCUT2D eigenvalue weighted by molar-refractivity contribution is 0.350.